The molecule has 1 amide bonds. The fraction of sp³-hybridized carbons (Fsp3) is 0.0909. The molecule has 0 atom stereocenters. The van der Waals surface area contributed by atoms with Crippen molar-refractivity contribution in [3.05, 3.63) is 80.9 Å². The van der Waals surface area contributed by atoms with Crippen molar-refractivity contribution >= 4 is 54.3 Å². The molecule has 0 saturated heterocycles. The average Bonchev–Trinajstić information content (AvgIpc) is 3.19. The predicted molar refractivity (Wildman–Crippen MR) is 130 cm³/mol. The molecule has 9 nitrogen and oxygen atoms in total. The smallest absolute Gasteiger partial charge is 0.256 e. The molecule has 0 bridgehead atoms. The van der Waals surface area contributed by atoms with E-state index in [1.807, 2.05) is 0 Å². The van der Waals surface area contributed by atoms with Crippen LogP contribution in [0.4, 0.5) is 15.9 Å². The van der Waals surface area contributed by atoms with Crippen LogP contribution < -0.4 is 21.3 Å². The molecule has 2 aromatic heterocycles. The first-order valence-electron chi connectivity index (χ1n) is 9.71. The second-order valence-electron chi connectivity index (χ2n) is 7.41. The van der Waals surface area contributed by atoms with Crippen molar-refractivity contribution in [2.45, 2.75) is 0 Å². The molecule has 4 rings (SSSR count). The van der Waals surface area contributed by atoms with Crippen LogP contribution in [-0.4, -0.2) is 29.1 Å². The Hall–Kier alpha value is -3.64. The van der Waals surface area contributed by atoms with Gasteiger partial charge in [0.05, 0.1) is 17.5 Å². The van der Waals surface area contributed by atoms with E-state index in [1.54, 1.807) is 24.3 Å². The van der Waals surface area contributed by atoms with Gasteiger partial charge in [-0.2, -0.15) is 0 Å². The van der Waals surface area contributed by atoms with Crippen molar-refractivity contribution in [2.75, 3.05) is 11.6 Å². The van der Waals surface area contributed by atoms with Gasteiger partial charge in [0.2, 0.25) is 10.0 Å². The number of hydrogen-bond donors (Lipinski definition) is 2. The minimum atomic E-state index is -3.57. The molecule has 2 heterocycles. The van der Waals surface area contributed by atoms with Crippen LogP contribution in [0.1, 0.15) is 10.4 Å². The van der Waals surface area contributed by atoms with Crippen LogP contribution in [0.5, 0.6) is 11.5 Å². The third-order valence-electron chi connectivity index (χ3n) is 5.07. The Morgan fingerprint density at radius 3 is 2.53 bits per heavy atom. The van der Waals surface area contributed by atoms with E-state index in [0.29, 0.717) is 15.4 Å². The zero-order chi connectivity index (χ0) is 24.8. The molecule has 0 aliphatic heterocycles. The Bertz CT molecular complexity index is 1630. The molecule has 0 unspecified atom stereocenters. The Labute approximate surface area is 201 Å². The normalized spacial score (nSPS) is 11.5. The van der Waals surface area contributed by atoms with E-state index < -0.39 is 27.3 Å². The molecule has 0 spiro atoms. The van der Waals surface area contributed by atoms with Gasteiger partial charge in [-0.05, 0) is 36.4 Å². The number of nitrogens with two attached hydrogens (primary N) is 1. The summed E-state index contributed by atoms with van der Waals surface area (Å²) in [4.78, 5) is 25.1. The van der Waals surface area contributed by atoms with Crippen LogP contribution in [0.15, 0.2) is 64.0 Å². The van der Waals surface area contributed by atoms with E-state index in [9.17, 15) is 22.4 Å². The molecule has 0 fully saturated rings. The highest BCUT2D eigenvalue weighted by atomic mass is 79.9. The molecule has 3 N–H and O–H groups in total. The van der Waals surface area contributed by atoms with Gasteiger partial charge in [0.25, 0.3) is 11.5 Å². The van der Waals surface area contributed by atoms with Crippen molar-refractivity contribution < 1.29 is 22.3 Å². The van der Waals surface area contributed by atoms with E-state index in [4.69, 9.17) is 10.5 Å². The lowest BCUT2D eigenvalue weighted by atomic mass is 10.2. The number of halogens is 2. The van der Waals surface area contributed by atoms with Crippen LogP contribution in [0, 0.1) is 5.82 Å². The number of hydrogen-bond acceptors (Lipinski definition) is 6. The van der Waals surface area contributed by atoms with E-state index in [-0.39, 0.29) is 28.6 Å². The Morgan fingerprint density at radius 1 is 1.15 bits per heavy atom. The number of carbonyl (C=O) groups excluding carboxylic acids is 1. The number of nitrogens with one attached hydrogen (secondary N) is 1. The summed E-state index contributed by atoms with van der Waals surface area (Å²) in [5.41, 5.74) is 5.22. The molecule has 0 aliphatic carbocycles. The molecule has 12 heteroatoms. The summed E-state index contributed by atoms with van der Waals surface area (Å²) >= 11 is 3.17. The number of amides is 1. The topological polar surface area (TPSA) is 125 Å². The van der Waals surface area contributed by atoms with E-state index in [0.717, 1.165) is 20.9 Å². The highest BCUT2D eigenvalue weighted by Crippen LogP contribution is 2.35. The summed E-state index contributed by atoms with van der Waals surface area (Å²) in [5, 5.41) is 3.18. The lowest BCUT2D eigenvalue weighted by Crippen LogP contribution is -2.25. The number of pyridine rings is 1. The van der Waals surface area contributed by atoms with Gasteiger partial charge in [0.15, 0.2) is 0 Å². The average molecular weight is 549 g/mol. The summed E-state index contributed by atoms with van der Waals surface area (Å²) in [6.45, 7) is 0. The van der Waals surface area contributed by atoms with E-state index in [2.05, 4.69) is 21.2 Å². The van der Waals surface area contributed by atoms with Crippen molar-refractivity contribution in [3.63, 3.8) is 0 Å². The Balaban J connectivity index is 1.87. The first-order valence-corrected chi connectivity index (χ1v) is 12.4. The number of aromatic nitrogens is 2. The predicted octanol–water partition coefficient (Wildman–Crippen LogP) is 3.68. The summed E-state index contributed by atoms with van der Waals surface area (Å²) in [6, 6.07) is 11.6. The zero-order valence-corrected chi connectivity index (χ0v) is 20.3. The van der Waals surface area contributed by atoms with Gasteiger partial charge in [-0.25, -0.2) is 16.8 Å². The molecule has 0 saturated carbocycles. The first kappa shape index (κ1) is 23.5. The molecule has 176 valence electrons. The summed E-state index contributed by atoms with van der Waals surface area (Å²) in [7, 11) is -2.18. The monoisotopic (exact) mass is 548 g/mol. The third-order valence-corrected chi connectivity index (χ3v) is 6.59. The van der Waals surface area contributed by atoms with Gasteiger partial charge in [-0.1, -0.05) is 22.0 Å². The minimum Gasteiger partial charge on any atom is -0.455 e. The standard InChI is InChI=1S/C22H18BrFN4O5S/c1-27-19(29)11-18(20(21(25)30)22(27)26-15-7-6-12(23)10-14(15)24)33-17-5-3-4-16-13(17)8-9-28(16)34(2,31)32/h3-11,26H,1-2H3,(H2,25,30). The number of carbonyl (C=O) groups is 1. The van der Waals surface area contributed by atoms with Crippen molar-refractivity contribution in [2.24, 2.45) is 12.8 Å². The fourth-order valence-electron chi connectivity index (χ4n) is 3.47. The molecule has 0 radical (unpaired) electrons. The lowest BCUT2D eigenvalue weighted by Gasteiger charge is -2.18. The maximum Gasteiger partial charge on any atom is 0.256 e. The SMILES string of the molecule is Cn1c(Nc2ccc(Br)cc2F)c(C(N)=O)c(Oc2cccc3c2ccn3S(C)(=O)=O)cc1=O. The molecule has 34 heavy (non-hydrogen) atoms. The van der Waals surface area contributed by atoms with Crippen LogP contribution in [0.2, 0.25) is 0 Å². The zero-order valence-electron chi connectivity index (χ0n) is 17.9. The molecule has 2 aromatic carbocycles. The number of anilines is 2. The van der Waals surface area contributed by atoms with Crippen molar-refractivity contribution in [1.29, 1.82) is 0 Å². The minimum absolute atomic E-state index is 0.00480. The summed E-state index contributed by atoms with van der Waals surface area (Å²) < 4.78 is 47.1. The second kappa shape index (κ2) is 8.61. The molecular weight excluding hydrogens is 531 g/mol. The highest BCUT2D eigenvalue weighted by molar-refractivity contribution is 9.10. The number of nitrogens with zero attached hydrogens (tertiary/aromatic N) is 2. The van der Waals surface area contributed by atoms with Crippen LogP contribution in [0.25, 0.3) is 10.9 Å². The van der Waals surface area contributed by atoms with E-state index >= 15 is 0 Å². The van der Waals surface area contributed by atoms with E-state index in [1.165, 1.54) is 31.4 Å². The van der Waals surface area contributed by atoms with Crippen molar-refractivity contribution in [3.8, 4) is 11.5 Å². The van der Waals surface area contributed by atoms with Gasteiger partial charge >= 0.3 is 0 Å². The van der Waals surface area contributed by atoms with Gasteiger partial charge in [0.1, 0.15) is 28.7 Å². The van der Waals surface area contributed by atoms with Gasteiger partial charge < -0.3 is 15.8 Å². The summed E-state index contributed by atoms with van der Waals surface area (Å²) in [5.74, 6) is -1.61. The number of rotatable bonds is 6. The summed E-state index contributed by atoms with van der Waals surface area (Å²) in [6.07, 6.45) is 2.43. The molecule has 0 aliphatic rings. The number of primary amides is 1. The maximum absolute atomic E-state index is 14.4. The molecule has 4 aromatic rings. The van der Waals surface area contributed by atoms with Gasteiger partial charge in [-0.15, -0.1) is 0 Å². The van der Waals surface area contributed by atoms with Crippen LogP contribution in [0.3, 0.4) is 0 Å². The Morgan fingerprint density at radius 2 is 1.88 bits per heavy atom. The van der Waals surface area contributed by atoms with Gasteiger partial charge in [0, 0.05) is 29.2 Å². The van der Waals surface area contributed by atoms with Gasteiger partial charge in [-0.3, -0.25) is 14.2 Å². The van der Waals surface area contributed by atoms with Crippen LogP contribution in [-0.2, 0) is 17.1 Å². The number of ether oxygens (including phenoxy) is 1. The van der Waals surface area contributed by atoms with Crippen molar-refractivity contribution in [1.82, 2.24) is 8.54 Å². The second-order valence-corrected chi connectivity index (χ2v) is 10.2. The number of fused-ring (bicyclic) bond motifs is 1. The fourth-order valence-corrected chi connectivity index (χ4v) is 4.60. The highest BCUT2D eigenvalue weighted by Gasteiger charge is 2.23. The first-order chi connectivity index (χ1) is 16.0. The third kappa shape index (κ3) is 4.29. The van der Waals surface area contributed by atoms with Crippen LogP contribution >= 0.6 is 15.9 Å². The largest absolute Gasteiger partial charge is 0.455 e. The maximum atomic E-state index is 14.4. The Kier molecular flexibility index (Phi) is 5.96. The molecular formula is C22H18BrFN4O5S. The number of benzene rings is 2. The lowest BCUT2D eigenvalue weighted by molar-refractivity contribution is 0.0998. The quantitative estimate of drug-likeness (QED) is 0.378.